The predicted molar refractivity (Wildman–Crippen MR) is 18.1 cm³/mol. The smallest absolute Gasteiger partial charge is 0.870 e. The molecule has 0 aliphatic carbocycles. The average molecular weight is 75.0 g/mol. The van der Waals surface area contributed by atoms with E-state index in [1.54, 1.807) is 0 Å². The first-order chi connectivity index (χ1) is 0. The van der Waals surface area contributed by atoms with E-state index in [2.05, 4.69) is 0 Å². The molecule has 1 atom stereocenters. The van der Waals surface area contributed by atoms with Gasteiger partial charge in [0.05, 0.1) is 0 Å². The molecule has 0 aromatic heterocycles. The first kappa shape index (κ1) is 85.9. The molecule has 4 N–H and O–H groups in total. The molecule has 0 fully saturated rings. The van der Waals surface area contributed by atoms with Crippen molar-refractivity contribution in [3.63, 3.8) is 0 Å². The van der Waals surface area contributed by atoms with Gasteiger partial charge in [0.1, 0.15) is 0 Å². The number of hydrogen-bond donors (Lipinski definition) is 1. The van der Waals surface area contributed by atoms with Gasteiger partial charge in [-0.15, -0.1) is 0 Å². The third-order valence-corrected chi connectivity index (χ3v) is 0. The largest absolute Gasteiger partial charge is 1.00 e. The predicted octanol–water partition coefficient (Wildman–Crippen LogP) is -2.95. The second kappa shape index (κ2) is 38.2. The van der Waals surface area contributed by atoms with E-state index in [0.717, 1.165) is 0 Å². The van der Waals surface area contributed by atoms with Crippen molar-refractivity contribution in [1.29, 1.82) is 0 Å². The van der Waals surface area contributed by atoms with Crippen molar-refractivity contribution in [1.82, 2.24) is 6.15 Å². The van der Waals surface area contributed by atoms with Crippen molar-refractivity contribution in [3.8, 4) is 0 Å². The quantitative estimate of drug-likeness (QED) is 0.247. The zero-order valence-electron chi connectivity index (χ0n) is 2.86. The molecule has 1 unspecified atom stereocenters. The summed E-state index contributed by atoms with van der Waals surface area (Å²) in [6.07, 6.45) is 0. The molecular weight excluding hydrogens is 67.9 g/mol. The Bertz CT molecular complexity index is 8.00. The summed E-state index contributed by atoms with van der Waals surface area (Å²) in [7, 11) is 0. The van der Waals surface area contributed by atoms with Crippen LogP contribution in [0.1, 0.15) is 0 Å². The first-order valence-corrected chi connectivity index (χ1v) is 0. The van der Waals surface area contributed by atoms with E-state index >= 15 is 0 Å². The molecule has 0 heterocycles. The minimum absolute atomic E-state index is 0. The molecule has 0 aromatic carbocycles. The standard InChI is InChI=1S/Li.H3N.H2O.H3P/h;1H3;1H2;1H3/q+1;;;/p-1. The molecule has 24 valence electrons. The zero-order valence-corrected chi connectivity index (χ0v) is 4.28. The van der Waals surface area contributed by atoms with Gasteiger partial charge >= 0.3 is 18.9 Å². The molecule has 0 amide bonds. The molecule has 0 spiro atoms. The van der Waals surface area contributed by atoms with E-state index in [4.69, 9.17) is 0 Å². The van der Waals surface area contributed by atoms with Crippen molar-refractivity contribution in [3.05, 3.63) is 0 Å². The maximum absolute atomic E-state index is 0. The molecule has 2 nitrogen and oxygen atoms in total. The minimum Gasteiger partial charge on any atom is -0.870 e. The SMILES string of the molecule is N.P.[Li+].[OH-]. The van der Waals surface area contributed by atoms with E-state index in [1.165, 1.54) is 0 Å². The van der Waals surface area contributed by atoms with Crippen LogP contribution in [0.25, 0.3) is 0 Å². The van der Waals surface area contributed by atoms with Crippen LogP contribution in [0.2, 0.25) is 0 Å². The van der Waals surface area contributed by atoms with Gasteiger partial charge in [0.15, 0.2) is 0 Å². The van der Waals surface area contributed by atoms with Crippen LogP contribution < -0.4 is 25.0 Å². The van der Waals surface area contributed by atoms with Crippen LogP contribution in [0.15, 0.2) is 0 Å². The van der Waals surface area contributed by atoms with Crippen molar-refractivity contribution < 1.29 is 24.3 Å². The molecule has 0 radical (unpaired) electrons. The Morgan fingerprint density at radius 3 is 1.00 bits per heavy atom. The summed E-state index contributed by atoms with van der Waals surface area (Å²) in [5.74, 6) is 0. The average Bonchev–Trinajstić information content (AvgIpc) is 0. The summed E-state index contributed by atoms with van der Waals surface area (Å²) in [5, 5.41) is 0. The van der Waals surface area contributed by atoms with E-state index in [0.29, 0.717) is 0 Å². The van der Waals surface area contributed by atoms with E-state index in [1.807, 2.05) is 0 Å². The van der Waals surface area contributed by atoms with Gasteiger partial charge in [0.2, 0.25) is 0 Å². The summed E-state index contributed by atoms with van der Waals surface area (Å²) in [6, 6.07) is 0. The fraction of sp³-hybridized carbons (Fsp3) is 0. The summed E-state index contributed by atoms with van der Waals surface area (Å²) < 4.78 is 0. The second-order valence-electron chi connectivity index (χ2n) is 0. The molecule has 0 saturated heterocycles. The molecule has 4 heavy (non-hydrogen) atoms. The topological polar surface area (TPSA) is 65.0 Å². The van der Waals surface area contributed by atoms with Crippen LogP contribution >= 0.6 is 9.90 Å². The Morgan fingerprint density at radius 1 is 1.00 bits per heavy atom. The molecule has 4 heteroatoms. The Hall–Kier alpha value is 0.947. The maximum atomic E-state index is 0. The third kappa shape index (κ3) is 12.5. The van der Waals surface area contributed by atoms with Crippen LogP contribution in [0, 0.1) is 0 Å². The van der Waals surface area contributed by atoms with Gasteiger partial charge in [0.25, 0.3) is 0 Å². The van der Waals surface area contributed by atoms with Gasteiger partial charge in [-0.2, -0.15) is 9.90 Å². The maximum Gasteiger partial charge on any atom is 1.00 e. The molecule has 0 aliphatic rings. The van der Waals surface area contributed by atoms with Gasteiger partial charge in [-0.3, -0.25) is 0 Å². The van der Waals surface area contributed by atoms with E-state index in [-0.39, 0.29) is 40.4 Å². The van der Waals surface area contributed by atoms with Crippen LogP contribution in [0.4, 0.5) is 0 Å². The molecular formula is H7LiNOP. The monoisotopic (exact) mass is 75.0 g/mol. The summed E-state index contributed by atoms with van der Waals surface area (Å²) in [5.41, 5.74) is 0. The first-order valence-electron chi connectivity index (χ1n) is 0. The van der Waals surface area contributed by atoms with Gasteiger partial charge < -0.3 is 11.6 Å². The van der Waals surface area contributed by atoms with Crippen molar-refractivity contribution in [2.24, 2.45) is 0 Å². The molecule has 0 saturated carbocycles. The molecule has 0 rings (SSSR count). The van der Waals surface area contributed by atoms with Crippen molar-refractivity contribution in [2.75, 3.05) is 0 Å². The van der Waals surface area contributed by atoms with Gasteiger partial charge in [-0.1, -0.05) is 0 Å². The van der Waals surface area contributed by atoms with Gasteiger partial charge in [-0.25, -0.2) is 0 Å². The van der Waals surface area contributed by atoms with Crippen molar-refractivity contribution >= 4 is 9.90 Å². The van der Waals surface area contributed by atoms with Crippen LogP contribution in [0.3, 0.4) is 0 Å². The normalized spacial score (nSPS) is 0. The number of hydrogen-bond acceptors (Lipinski definition) is 2. The van der Waals surface area contributed by atoms with Crippen LogP contribution in [0.5, 0.6) is 0 Å². The van der Waals surface area contributed by atoms with E-state index < -0.39 is 0 Å². The van der Waals surface area contributed by atoms with Gasteiger partial charge in [0, 0.05) is 0 Å². The van der Waals surface area contributed by atoms with Crippen LogP contribution in [-0.2, 0) is 0 Å². The fourth-order valence-corrected chi connectivity index (χ4v) is 0. The Kier molecular flexibility index (Phi) is 820. The van der Waals surface area contributed by atoms with Gasteiger partial charge in [-0.05, 0) is 0 Å². The molecule has 0 aliphatic heterocycles. The fourth-order valence-electron chi connectivity index (χ4n) is 0. The second-order valence-corrected chi connectivity index (χ2v) is 0. The Labute approximate surface area is 41.0 Å². The van der Waals surface area contributed by atoms with Crippen molar-refractivity contribution in [2.45, 2.75) is 0 Å². The molecule has 0 bridgehead atoms. The summed E-state index contributed by atoms with van der Waals surface area (Å²) in [4.78, 5) is 0. The molecule has 0 aromatic rings. The Balaban J connectivity index is 0. The summed E-state index contributed by atoms with van der Waals surface area (Å²) in [6.45, 7) is 0. The minimum atomic E-state index is 0. The third-order valence-electron chi connectivity index (χ3n) is 0. The summed E-state index contributed by atoms with van der Waals surface area (Å²) >= 11 is 0. The van der Waals surface area contributed by atoms with E-state index in [9.17, 15) is 0 Å². The Morgan fingerprint density at radius 2 is 1.00 bits per heavy atom. The number of rotatable bonds is 0. The zero-order chi connectivity index (χ0) is 0. The van der Waals surface area contributed by atoms with Crippen LogP contribution in [-0.4, -0.2) is 5.48 Å².